The number of aryl methyl sites for hydroxylation is 2. The number of carbonyl (C=O) groups is 3. The molecule has 3 N–H and O–H groups in total. The summed E-state index contributed by atoms with van der Waals surface area (Å²) in [5.74, 6) is -1.59. The van der Waals surface area contributed by atoms with Gasteiger partial charge in [-0.05, 0) is 72.5 Å². The van der Waals surface area contributed by atoms with Crippen molar-refractivity contribution in [1.29, 1.82) is 0 Å². The molecule has 50 heavy (non-hydrogen) atoms. The number of ether oxygens (including phenoxy) is 1. The monoisotopic (exact) mass is 708 g/mol. The van der Waals surface area contributed by atoms with Gasteiger partial charge in [0.2, 0.25) is 6.41 Å². The van der Waals surface area contributed by atoms with Crippen molar-refractivity contribution in [2.75, 3.05) is 11.9 Å². The van der Waals surface area contributed by atoms with Crippen molar-refractivity contribution in [3.63, 3.8) is 0 Å². The highest BCUT2D eigenvalue weighted by atomic mass is 19.4. The minimum Gasteiger partial charge on any atom is -0.481 e. The summed E-state index contributed by atoms with van der Waals surface area (Å²) in [4.78, 5) is 32.5. The summed E-state index contributed by atoms with van der Waals surface area (Å²) in [6.07, 6.45) is -4.54. The minimum absolute atomic E-state index is 0.0595. The fourth-order valence-corrected chi connectivity index (χ4v) is 3.74. The number of anilines is 1. The van der Waals surface area contributed by atoms with Gasteiger partial charge in [0.05, 0.1) is 23.9 Å². The first kappa shape index (κ1) is 42.4. The molecule has 0 spiro atoms. The van der Waals surface area contributed by atoms with Crippen molar-refractivity contribution < 1.29 is 50.6 Å². The third-order valence-corrected chi connectivity index (χ3v) is 5.97. The topological polar surface area (TPSA) is 123 Å². The predicted octanol–water partition coefficient (Wildman–Crippen LogP) is 8.25. The number of halogens is 6. The number of amides is 2. The molecular weight excluding hydrogens is 670 g/mol. The normalized spacial score (nSPS) is 10.5. The molecule has 2 amide bonds. The van der Waals surface area contributed by atoms with E-state index in [-0.39, 0.29) is 24.6 Å². The maximum Gasteiger partial charge on any atom is 0.573 e. The molecule has 1 heterocycles. The molecule has 0 fully saturated rings. The lowest BCUT2D eigenvalue weighted by atomic mass is 10.0. The Morgan fingerprint density at radius 2 is 1.40 bits per heavy atom. The fourth-order valence-electron chi connectivity index (χ4n) is 3.74. The number of carboxylic acid groups (broad SMARTS) is 1. The molecule has 1 aromatic heterocycles. The van der Waals surface area contributed by atoms with Crippen LogP contribution in [0.25, 0.3) is 5.69 Å². The van der Waals surface area contributed by atoms with Crippen LogP contribution in [0.5, 0.6) is 5.75 Å². The summed E-state index contributed by atoms with van der Waals surface area (Å²) in [7, 11) is 0. The van der Waals surface area contributed by atoms with Gasteiger partial charge in [-0.2, -0.15) is 18.3 Å². The van der Waals surface area contributed by atoms with Gasteiger partial charge in [-0.1, -0.05) is 44.5 Å². The molecule has 15 heteroatoms. The van der Waals surface area contributed by atoms with E-state index < -0.39 is 24.1 Å². The molecule has 0 aliphatic rings. The van der Waals surface area contributed by atoms with E-state index in [1.165, 1.54) is 18.6 Å². The Morgan fingerprint density at radius 3 is 1.84 bits per heavy atom. The van der Waals surface area contributed by atoms with Crippen molar-refractivity contribution in [3.8, 4) is 11.4 Å². The summed E-state index contributed by atoms with van der Waals surface area (Å²) in [6.45, 7) is 10.3. The van der Waals surface area contributed by atoms with Crippen molar-refractivity contribution >= 4 is 24.0 Å². The number of alkyl halides is 6. The van der Waals surface area contributed by atoms with Crippen LogP contribution in [0, 0.1) is 0 Å². The number of aliphatic carboxylic acids is 1. The van der Waals surface area contributed by atoms with Crippen molar-refractivity contribution in [2.45, 2.75) is 52.1 Å². The minimum atomic E-state index is -4.71. The number of benzene rings is 3. The maximum atomic E-state index is 12.4. The molecule has 0 saturated heterocycles. The van der Waals surface area contributed by atoms with E-state index in [4.69, 9.17) is 5.11 Å². The van der Waals surface area contributed by atoms with Gasteiger partial charge in [-0.25, -0.2) is 4.68 Å². The molecule has 0 aliphatic heterocycles. The van der Waals surface area contributed by atoms with Crippen LogP contribution < -0.4 is 15.4 Å². The van der Waals surface area contributed by atoms with Crippen LogP contribution >= 0.6 is 0 Å². The Hall–Kier alpha value is -5.60. The first-order valence-corrected chi connectivity index (χ1v) is 15.0. The van der Waals surface area contributed by atoms with E-state index >= 15 is 0 Å². The second-order valence-corrected chi connectivity index (χ2v) is 9.98. The van der Waals surface area contributed by atoms with E-state index in [9.17, 15) is 40.7 Å². The second-order valence-electron chi connectivity index (χ2n) is 9.98. The van der Waals surface area contributed by atoms with Gasteiger partial charge in [0, 0.05) is 24.0 Å². The smallest absolute Gasteiger partial charge is 0.481 e. The molecule has 0 aliphatic carbocycles. The average Bonchev–Trinajstić information content (AvgIpc) is 3.58. The second kappa shape index (κ2) is 21.4. The number of carboxylic acids is 1. The van der Waals surface area contributed by atoms with Crippen LogP contribution in [0.1, 0.15) is 53.7 Å². The molecule has 0 unspecified atom stereocenters. The highest BCUT2D eigenvalue weighted by Crippen LogP contribution is 2.29. The molecular formula is C35H38F6N4O5. The lowest BCUT2D eigenvalue weighted by Gasteiger charge is -2.09. The van der Waals surface area contributed by atoms with E-state index in [0.29, 0.717) is 36.2 Å². The maximum absolute atomic E-state index is 12.4. The zero-order valence-corrected chi connectivity index (χ0v) is 27.4. The third-order valence-electron chi connectivity index (χ3n) is 5.97. The van der Waals surface area contributed by atoms with Crippen LogP contribution in [0.15, 0.2) is 98.3 Å². The third kappa shape index (κ3) is 16.5. The Labute approximate surface area is 285 Å². The van der Waals surface area contributed by atoms with E-state index in [0.717, 1.165) is 28.2 Å². The molecule has 0 bridgehead atoms. The molecule has 0 atom stereocenters. The van der Waals surface area contributed by atoms with E-state index in [1.54, 1.807) is 60.7 Å². The Morgan fingerprint density at radius 1 is 0.880 bits per heavy atom. The van der Waals surface area contributed by atoms with E-state index in [1.807, 2.05) is 0 Å². The van der Waals surface area contributed by atoms with Crippen LogP contribution in [0.3, 0.4) is 0 Å². The number of nitrogens with one attached hydrogen (secondary N) is 2. The number of nitrogens with zero attached hydrogens (tertiary/aromatic N) is 2. The largest absolute Gasteiger partial charge is 0.573 e. The first-order valence-electron chi connectivity index (χ1n) is 15.0. The molecule has 4 rings (SSSR count). The zero-order valence-electron chi connectivity index (χ0n) is 27.4. The number of hydrogen-bond acceptors (Lipinski definition) is 5. The quantitative estimate of drug-likeness (QED) is 0.0820. The molecule has 0 saturated carbocycles. The van der Waals surface area contributed by atoms with Crippen LogP contribution in [-0.4, -0.2) is 46.1 Å². The molecule has 0 radical (unpaired) electrons. The SMILES string of the molecule is C=C.CCC.O=C(O)CCNC(=O)c1ccc(CCc2ccc(OC(F)(F)F)cc2)cc1.O=CNc1ccc(-n2cc(C(F)(F)F)cn2)cc1. The van der Waals surface area contributed by atoms with Gasteiger partial charge < -0.3 is 20.5 Å². The van der Waals surface area contributed by atoms with Crippen molar-refractivity contribution in [3.05, 3.63) is 121 Å². The van der Waals surface area contributed by atoms with Crippen molar-refractivity contribution in [1.82, 2.24) is 15.1 Å². The molecule has 3 aromatic carbocycles. The number of carbonyl (C=O) groups excluding carboxylic acids is 2. The fraction of sp³-hybridized carbons (Fsp3) is 0.257. The number of aromatic nitrogens is 2. The van der Waals surface area contributed by atoms with Gasteiger partial charge in [0.1, 0.15) is 5.75 Å². The van der Waals surface area contributed by atoms with Crippen LogP contribution in [0.2, 0.25) is 0 Å². The van der Waals surface area contributed by atoms with Crippen LogP contribution in [-0.2, 0) is 28.6 Å². The summed E-state index contributed by atoms with van der Waals surface area (Å²) in [6, 6.07) is 18.8. The van der Waals surface area contributed by atoms with Gasteiger partial charge >= 0.3 is 18.5 Å². The van der Waals surface area contributed by atoms with Crippen LogP contribution in [0.4, 0.5) is 32.0 Å². The summed E-state index contributed by atoms with van der Waals surface area (Å²) < 4.78 is 78.5. The van der Waals surface area contributed by atoms with Gasteiger partial charge in [-0.3, -0.25) is 14.4 Å². The first-order chi connectivity index (χ1) is 23.6. The van der Waals surface area contributed by atoms with Crippen molar-refractivity contribution in [2.24, 2.45) is 0 Å². The standard InChI is InChI=1S/C19H18F3NO4.C11H8F3N3O.C3H8.C2H4/c20-19(21,22)27-16-9-5-14(6-10-16)2-1-13-3-7-15(8-4-13)18(26)23-12-11-17(24)25;12-11(13,14)8-5-16-17(6-8)10-3-1-9(2-4-10)15-7-18;1-3-2;1-2/h3-10H,1-2,11-12H2,(H,23,26)(H,24,25);1-7H,(H,15,18);3H2,1-2H3;1-2H2. The predicted molar refractivity (Wildman–Crippen MR) is 177 cm³/mol. The van der Waals surface area contributed by atoms with Gasteiger partial charge in [-0.15, -0.1) is 26.3 Å². The zero-order chi connectivity index (χ0) is 37.7. The lowest BCUT2D eigenvalue weighted by Crippen LogP contribution is -2.25. The van der Waals surface area contributed by atoms with E-state index in [2.05, 4.69) is 47.5 Å². The number of hydrogen-bond donors (Lipinski definition) is 3. The molecule has 9 nitrogen and oxygen atoms in total. The lowest BCUT2D eigenvalue weighted by molar-refractivity contribution is -0.274. The summed E-state index contributed by atoms with van der Waals surface area (Å²) in [5, 5.41) is 17.1. The Balaban J connectivity index is 0.000000469. The highest BCUT2D eigenvalue weighted by Gasteiger charge is 2.32. The van der Waals surface area contributed by atoms with Gasteiger partial charge in [0.25, 0.3) is 5.91 Å². The number of rotatable bonds is 11. The van der Waals surface area contributed by atoms with Gasteiger partial charge in [0.15, 0.2) is 0 Å². The molecule has 270 valence electrons. The summed E-state index contributed by atoms with van der Waals surface area (Å²) >= 11 is 0. The Kier molecular flexibility index (Phi) is 18.1. The average molecular weight is 709 g/mol. The Bertz CT molecular complexity index is 1590. The molecule has 4 aromatic rings. The summed E-state index contributed by atoms with van der Waals surface area (Å²) in [5.41, 5.74) is 2.47. The highest BCUT2D eigenvalue weighted by molar-refractivity contribution is 5.94.